The van der Waals surface area contributed by atoms with Gasteiger partial charge in [0, 0.05) is 10.6 Å². The van der Waals surface area contributed by atoms with Crippen LogP contribution in [-0.2, 0) is 21.5 Å². The minimum atomic E-state index is -4.08. The van der Waals surface area contributed by atoms with Crippen LogP contribution < -0.4 is 4.18 Å². The van der Waals surface area contributed by atoms with Gasteiger partial charge in [-0.2, -0.15) is 8.42 Å². The predicted molar refractivity (Wildman–Crippen MR) is 128 cm³/mol. The van der Waals surface area contributed by atoms with Crippen LogP contribution in [0.3, 0.4) is 0 Å². The third kappa shape index (κ3) is 5.13. The topological polar surface area (TPSA) is 80.8 Å². The Labute approximate surface area is 200 Å². The molecule has 4 rings (SSSR count). The Balaban J connectivity index is 1.60. The van der Waals surface area contributed by atoms with Gasteiger partial charge in [-0.3, -0.25) is 14.5 Å². The molecule has 9 heteroatoms. The summed E-state index contributed by atoms with van der Waals surface area (Å²) >= 11 is 6.94. The fourth-order valence-electron chi connectivity index (χ4n) is 3.12. The highest BCUT2D eigenvalue weighted by Crippen LogP contribution is 2.36. The van der Waals surface area contributed by atoms with E-state index in [1.807, 2.05) is 6.92 Å². The molecule has 0 saturated carbocycles. The third-order valence-electron chi connectivity index (χ3n) is 4.87. The van der Waals surface area contributed by atoms with Crippen molar-refractivity contribution in [3.63, 3.8) is 0 Å². The largest absolute Gasteiger partial charge is 0.378 e. The van der Waals surface area contributed by atoms with E-state index in [0.717, 1.165) is 22.2 Å². The van der Waals surface area contributed by atoms with Crippen molar-refractivity contribution in [1.29, 1.82) is 0 Å². The van der Waals surface area contributed by atoms with E-state index in [-0.39, 0.29) is 22.1 Å². The first kappa shape index (κ1) is 23.1. The van der Waals surface area contributed by atoms with Gasteiger partial charge in [0.1, 0.15) is 10.6 Å². The van der Waals surface area contributed by atoms with E-state index < -0.39 is 21.3 Å². The summed E-state index contributed by atoms with van der Waals surface area (Å²) in [6.07, 6.45) is 1.46. The van der Waals surface area contributed by atoms with E-state index in [9.17, 15) is 18.0 Å². The van der Waals surface area contributed by atoms with Crippen LogP contribution >= 0.6 is 23.4 Å². The van der Waals surface area contributed by atoms with E-state index in [1.165, 1.54) is 24.3 Å². The number of rotatable bonds is 6. The van der Waals surface area contributed by atoms with Gasteiger partial charge in [-0.25, -0.2) is 0 Å². The van der Waals surface area contributed by atoms with Crippen molar-refractivity contribution in [1.82, 2.24) is 4.90 Å². The number of hydrogen-bond donors (Lipinski definition) is 0. The Morgan fingerprint density at radius 1 is 0.970 bits per heavy atom. The van der Waals surface area contributed by atoms with Crippen molar-refractivity contribution in [3.05, 3.63) is 99.4 Å². The third-order valence-corrected chi connectivity index (χ3v) is 7.40. The van der Waals surface area contributed by atoms with Crippen molar-refractivity contribution in [2.45, 2.75) is 18.4 Å². The summed E-state index contributed by atoms with van der Waals surface area (Å²) in [6, 6.07) is 19.7. The van der Waals surface area contributed by atoms with Crippen LogP contribution in [0.25, 0.3) is 6.08 Å². The molecule has 0 atom stereocenters. The Kier molecular flexibility index (Phi) is 6.60. The number of benzene rings is 3. The summed E-state index contributed by atoms with van der Waals surface area (Å²) in [5.74, 6) is -0.433. The molecule has 0 radical (unpaired) electrons. The highest BCUT2D eigenvalue weighted by atomic mass is 35.5. The molecular weight excluding hydrogens is 482 g/mol. The standard InChI is InChI=1S/C24H18ClNO5S2/c1-16-10-12-19(13-11-16)33(29,30)31-21-9-5-3-6-17(21)14-22-23(27)26(24(28)32-22)15-18-7-2-4-8-20(18)25/h2-14H,15H2,1H3/b22-14-. The number of thioether (sulfide) groups is 1. The molecule has 33 heavy (non-hydrogen) atoms. The monoisotopic (exact) mass is 499 g/mol. The van der Waals surface area contributed by atoms with Crippen molar-refractivity contribution >= 4 is 50.7 Å². The molecule has 2 amide bonds. The number of para-hydroxylation sites is 1. The highest BCUT2D eigenvalue weighted by molar-refractivity contribution is 8.18. The van der Waals surface area contributed by atoms with Crippen molar-refractivity contribution in [2.75, 3.05) is 0 Å². The second kappa shape index (κ2) is 9.43. The maximum absolute atomic E-state index is 12.9. The van der Waals surface area contributed by atoms with Gasteiger partial charge < -0.3 is 4.18 Å². The maximum atomic E-state index is 12.9. The van der Waals surface area contributed by atoms with Gasteiger partial charge in [-0.15, -0.1) is 0 Å². The van der Waals surface area contributed by atoms with E-state index in [1.54, 1.807) is 54.6 Å². The first-order valence-electron chi connectivity index (χ1n) is 9.83. The lowest BCUT2D eigenvalue weighted by molar-refractivity contribution is -0.123. The summed E-state index contributed by atoms with van der Waals surface area (Å²) in [5, 5.41) is 0.0254. The number of nitrogens with zero attached hydrogens (tertiary/aromatic N) is 1. The zero-order valence-electron chi connectivity index (χ0n) is 17.4. The molecule has 3 aromatic carbocycles. The molecule has 3 aromatic rings. The van der Waals surface area contributed by atoms with Gasteiger partial charge in [0.25, 0.3) is 11.1 Å². The summed E-state index contributed by atoms with van der Waals surface area (Å²) in [4.78, 5) is 26.7. The molecule has 1 saturated heterocycles. The van der Waals surface area contributed by atoms with Crippen LogP contribution in [-0.4, -0.2) is 24.5 Å². The normalized spacial score (nSPS) is 15.3. The lowest BCUT2D eigenvalue weighted by atomic mass is 10.2. The van der Waals surface area contributed by atoms with Crippen LogP contribution in [0.2, 0.25) is 5.02 Å². The summed E-state index contributed by atoms with van der Waals surface area (Å²) in [7, 11) is -4.08. The van der Waals surface area contributed by atoms with Crippen molar-refractivity contribution in [3.8, 4) is 5.75 Å². The minimum absolute atomic E-state index is 0.0166. The molecule has 0 bridgehead atoms. The number of imide groups is 1. The SMILES string of the molecule is Cc1ccc(S(=O)(=O)Oc2ccccc2/C=C2\SC(=O)N(Cc3ccccc3Cl)C2=O)cc1. The van der Waals surface area contributed by atoms with Crippen LogP contribution in [0.5, 0.6) is 5.75 Å². The van der Waals surface area contributed by atoms with Gasteiger partial charge in [-0.05, 0) is 54.6 Å². The summed E-state index contributed by atoms with van der Waals surface area (Å²) in [5.41, 5.74) is 1.92. The van der Waals surface area contributed by atoms with Crippen LogP contribution in [0, 0.1) is 6.92 Å². The minimum Gasteiger partial charge on any atom is -0.378 e. The van der Waals surface area contributed by atoms with E-state index in [2.05, 4.69) is 0 Å². The van der Waals surface area contributed by atoms with E-state index >= 15 is 0 Å². The summed E-state index contributed by atoms with van der Waals surface area (Å²) < 4.78 is 30.8. The van der Waals surface area contributed by atoms with Crippen LogP contribution in [0.4, 0.5) is 4.79 Å². The molecule has 168 valence electrons. The van der Waals surface area contributed by atoms with Crippen LogP contribution in [0.15, 0.2) is 82.6 Å². The molecule has 1 fully saturated rings. The van der Waals surface area contributed by atoms with Gasteiger partial charge in [0.15, 0.2) is 0 Å². The van der Waals surface area contributed by atoms with E-state index in [4.69, 9.17) is 15.8 Å². The lowest BCUT2D eigenvalue weighted by Gasteiger charge is -2.13. The second-order valence-electron chi connectivity index (χ2n) is 7.25. The zero-order chi connectivity index (χ0) is 23.6. The van der Waals surface area contributed by atoms with E-state index in [0.29, 0.717) is 16.1 Å². The number of halogens is 1. The molecule has 0 unspecified atom stereocenters. The zero-order valence-corrected chi connectivity index (χ0v) is 19.8. The Bertz CT molecular complexity index is 1370. The van der Waals surface area contributed by atoms with Crippen LogP contribution in [0.1, 0.15) is 16.7 Å². The number of aryl methyl sites for hydroxylation is 1. The highest BCUT2D eigenvalue weighted by Gasteiger charge is 2.35. The molecular formula is C24H18ClNO5S2. The predicted octanol–water partition coefficient (Wildman–Crippen LogP) is 5.65. The first-order chi connectivity index (χ1) is 15.7. The molecule has 1 heterocycles. The van der Waals surface area contributed by atoms with Crippen molar-refractivity contribution < 1.29 is 22.2 Å². The average molecular weight is 500 g/mol. The molecule has 0 aliphatic carbocycles. The number of carbonyl (C=O) groups is 2. The smallest absolute Gasteiger partial charge is 0.339 e. The number of hydrogen-bond acceptors (Lipinski definition) is 6. The Morgan fingerprint density at radius 3 is 2.36 bits per heavy atom. The molecule has 0 aromatic heterocycles. The molecule has 6 nitrogen and oxygen atoms in total. The van der Waals surface area contributed by atoms with Gasteiger partial charge in [0.05, 0.1) is 11.4 Å². The van der Waals surface area contributed by atoms with Crippen molar-refractivity contribution in [2.24, 2.45) is 0 Å². The molecule has 1 aliphatic heterocycles. The number of carbonyl (C=O) groups excluding carboxylic acids is 2. The first-order valence-corrected chi connectivity index (χ1v) is 12.4. The molecule has 0 N–H and O–H groups in total. The van der Waals surface area contributed by atoms with Gasteiger partial charge in [0.2, 0.25) is 0 Å². The molecule has 0 spiro atoms. The summed E-state index contributed by atoms with van der Waals surface area (Å²) in [6.45, 7) is 1.90. The fourth-order valence-corrected chi connectivity index (χ4v) is 5.10. The fraction of sp³-hybridized carbons (Fsp3) is 0.0833. The molecule has 1 aliphatic rings. The van der Waals surface area contributed by atoms with Gasteiger partial charge in [-0.1, -0.05) is 65.7 Å². The second-order valence-corrected chi connectivity index (χ2v) is 10.2. The quantitative estimate of drug-likeness (QED) is 0.322. The Hall–Kier alpha value is -3.07. The number of amides is 2. The average Bonchev–Trinajstić information content (AvgIpc) is 3.04. The lowest BCUT2D eigenvalue weighted by Crippen LogP contribution is -2.27. The Morgan fingerprint density at radius 2 is 1.64 bits per heavy atom. The van der Waals surface area contributed by atoms with Gasteiger partial charge >= 0.3 is 10.1 Å². The maximum Gasteiger partial charge on any atom is 0.339 e.